The van der Waals surface area contributed by atoms with Gasteiger partial charge in [0.05, 0.1) is 17.1 Å². The van der Waals surface area contributed by atoms with E-state index in [1.165, 1.54) is 114 Å². The molecule has 7 nitrogen and oxygen atoms in total. The van der Waals surface area contributed by atoms with Gasteiger partial charge in [-0.15, -0.1) is 0 Å². The molecule has 0 aliphatic heterocycles. The molecule has 0 spiro atoms. The third-order valence-corrected chi connectivity index (χ3v) is 7.69. The zero-order valence-electron chi connectivity index (χ0n) is 26.6. The van der Waals surface area contributed by atoms with Crippen LogP contribution in [0.4, 0.5) is 5.69 Å². The lowest BCUT2D eigenvalue weighted by molar-refractivity contribution is -0.384. The van der Waals surface area contributed by atoms with Gasteiger partial charge < -0.3 is 9.47 Å². The van der Waals surface area contributed by atoms with E-state index in [-0.39, 0.29) is 17.0 Å². The maximum atomic E-state index is 12.7. The molecule has 0 radical (unpaired) electrons. The summed E-state index contributed by atoms with van der Waals surface area (Å²) >= 11 is 0. The van der Waals surface area contributed by atoms with E-state index in [1.807, 2.05) is 0 Å². The SMILES string of the molecule is CCCCCCCCCCCCCCCCOc1ccc(C(=O)Oc2cccc(/C=C/C(=O)c3cccc([N+](=O)[O-])c3)c2)cc1. The highest BCUT2D eigenvalue weighted by atomic mass is 16.6. The van der Waals surface area contributed by atoms with E-state index >= 15 is 0 Å². The van der Waals surface area contributed by atoms with E-state index in [9.17, 15) is 19.7 Å². The van der Waals surface area contributed by atoms with Gasteiger partial charge in [0, 0.05) is 17.7 Å². The number of allylic oxidation sites excluding steroid dienone is 1. The van der Waals surface area contributed by atoms with Gasteiger partial charge in [0.2, 0.25) is 0 Å². The number of non-ortho nitro benzene ring substituents is 1. The van der Waals surface area contributed by atoms with Crippen molar-refractivity contribution in [3.8, 4) is 11.5 Å². The van der Waals surface area contributed by atoms with Crippen LogP contribution in [0.1, 0.15) is 123 Å². The molecular weight excluding hydrogens is 566 g/mol. The fourth-order valence-electron chi connectivity index (χ4n) is 5.06. The molecule has 0 bridgehead atoms. The number of nitro groups is 1. The first-order valence-electron chi connectivity index (χ1n) is 16.5. The number of unbranched alkanes of at least 4 members (excludes halogenated alkanes) is 13. The third-order valence-electron chi connectivity index (χ3n) is 7.69. The molecule has 0 saturated carbocycles. The number of nitro benzene ring substituents is 1. The minimum atomic E-state index is -0.541. The lowest BCUT2D eigenvalue weighted by Crippen LogP contribution is -2.08. The standard InChI is InChI=1S/C38H47NO6/c1-2-3-4-5-6-7-8-9-10-11-12-13-14-15-28-44-35-25-23-32(24-26-35)38(41)45-36-21-16-18-31(29-36)22-27-37(40)33-19-17-20-34(30-33)39(42)43/h16-27,29-30H,2-15,28H2,1H3/b27-22+. The first kappa shape index (κ1) is 35.2. The molecule has 0 aliphatic rings. The number of esters is 1. The fourth-order valence-corrected chi connectivity index (χ4v) is 5.06. The number of rotatable bonds is 22. The van der Waals surface area contributed by atoms with Crippen LogP contribution in [0.25, 0.3) is 6.08 Å². The Labute approximate surface area is 267 Å². The summed E-state index contributed by atoms with van der Waals surface area (Å²) in [6, 6.07) is 19.3. The van der Waals surface area contributed by atoms with Gasteiger partial charge >= 0.3 is 5.97 Å². The van der Waals surface area contributed by atoms with E-state index in [2.05, 4.69) is 6.92 Å². The molecule has 0 amide bonds. The summed E-state index contributed by atoms with van der Waals surface area (Å²) in [5.41, 5.74) is 1.12. The number of ketones is 1. The Morgan fingerprint density at radius 1 is 0.689 bits per heavy atom. The summed E-state index contributed by atoms with van der Waals surface area (Å²) in [6.45, 7) is 2.92. The van der Waals surface area contributed by atoms with Crippen LogP contribution in [0.5, 0.6) is 11.5 Å². The van der Waals surface area contributed by atoms with E-state index in [1.54, 1.807) is 54.6 Å². The highest BCUT2D eigenvalue weighted by Gasteiger charge is 2.11. The maximum Gasteiger partial charge on any atom is 0.343 e. The molecule has 240 valence electrons. The minimum Gasteiger partial charge on any atom is -0.494 e. The normalized spacial score (nSPS) is 11.0. The van der Waals surface area contributed by atoms with Crippen LogP contribution < -0.4 is 9.47 Å². The van der Waals surface area contributed by atoms with Crippen molar-refractivity contribution in [2.24, 2.45) is 0 Å². The second kappa shape index (κ2) is 20.7. The van der Waals surface area contributed by atoms with Gasteiger partial charge in [0.15, 0.2) is 5.78 Å². The van der Waals surface area contributed by atoms with E-state index in [0.717, 1.165) is 12.2 Å². The summed E-state index contributed by atoms with van der Waals surface area (Å²) in [5, 5.41) is 11.0. The predicted octanol–water partition coefficient (Wildman–Crippen LogP) is 10.6. The molecule has 3 aromatic carbocycles. The van der Waals surface area contributed by atoms with Crippen molar-refractivity contribution in [2.75, 3.05) is 6.61 Å². The largest absolute Gasteiger partial charge is 0.494 e. The predicted molar refractivity (Wildman–Crippen MR) is 180 cm³/mol. The Hall–Kier alpha value is -4.26. The second-order valence-electron chi connectivity index (χ2n) is 11.4. The number of benzene rings is 3. The van der Waals surface area contributed by atoms with Crippen molar-refractivity contribution >= 4 is 23.5 Å². The number of hydrogen-bond acceptors (Lipinski definition) is 6. The molecule has 0 aromatic heterocycles. The first-order valence-corrected chi connectivity index (χ1v) is 16.5. The molecule has 7 heteroatoms. The average molecular weight is 614 g/mol. The topological polar surface area (TPSA) is 95.7 Å². The summed E-state index contributed by atoms with van der Waals surface area (Å²) in [6.07, 6.45) is 21.4. The molecule has 45 heavy (non-hydrogen) atoms. The summed E-state index contributed by atoms with van der Waals surface area (Å²) in [7, 11) is 0. The molecule has 0 heterocycles. The van der Waals surface area contributed by atoms with Gasteiger partial charge in [-0.3, -0.25) is 14.9 Å². The lowest BCUT2D eigenvalue weighted by Gasteiger charge is -2.08. The first-order chi connectivity index (χ1) is 22.0. The Balaban J connectivity index is 1.31. The number of ether oxygens (including phenoxy) is 2. The molecular formula is C38H47NO6. The zero-order valence-corrected chi connectivity index (χ0v) is 26.6. The van der Waals surface area contributed by atoms with Crippen LogP contribution in [0, 0.1) is 10.1 Å². The lowest BCUT2D eigenvalue weighted by atomic mass is 10.0. The Bertz CT molecular complexity index is 1360. The minimum absolute atomic E-state index is 0.146. The van der Waals surface area contributed by atoms with Crippen molar-refractivity contribution in [2.45, 2.75) is 96.8 Å². The second-order valence-corrected chi connectivity index (χ2v) is 11.4. The van der Waals surface area contributed by atoms with Gasteiger partial charge in [0.25, 0.3) is 5.69 Å². The summed E-state index contributed by atoms with van der Waals surface area (Å²) in [4.78, 5) is 35.6. The third kappa shape index (κ3) is 13.9. The molecule has 3 rings (SSSR count). The number of nitrogens with zero attached hydrogens (tertiary/aromatic N) is 1. The Kier molecular flexibility index (Phi) is 16.2. The molecule has 0 saturated heterocycles. The van der Waals surface area contributed by atoms with Crippen LogP contribution in [0.3, 0.4) is 0 Å². The number of carbonyl (C=O) groups excluding carboxylic acids is 2. The molecule has 0 N–H and O–H groups in total. The average Bonchev–Trinajstić information content (AvgIpc) is 3.06. The number of hydrogen-bond donors (Lipinski definition) is 0. The van der Waals surface area contributed by atoms with Gasteiger partial charge in [-0.25, -0.2) is 4.79 Å². The van der Waals surface area contributed by atoms with Gasteiger partial charge in [-0.05, 0) is 54.5 Å². The smallest absolute Gasteiger partial charge is 0.343 e. The zero-order chi connectivity index (χ0) is 32.1. The number of carbonyl (C=O) groups is 2. The molecule has 0 unspecified atom stereocenters. The van der Waals surface area contributed by atoms with Crippen molar-refractivity contribution < 1.29 is 24.0 Å². The highest BCUT2D eigenvalue weighted by molar-refractivity contribution is 6.07. The quantitative estimate of drug-likeness (QED) is 0.0213. The Morgan fingerprint density at radius 2 is 1.29 bits per heavy atom. The van der Waals surface area contributed by atoms with Crippen molar-refractivity contribution in [1.29, 1.82) is 0 Å². The van der Waals surface area contributed by atoms with Gasteiger partial charge in [0.1, 0.15) is 11.5 Å². The molecule has 3 aromatic rings. The molecule has 0 fully saturated rings. The van der Waals surface area contributed by atoms with Gasteiger partial charge in [-0.1, -0.05) is 121 Å². The van der Waals surface area contributed by atoms with Crippen molar-refractivity contribution in [3.05, 3.63) is 106 Å². The van der Waals surface area contributed by atoms with Crippen LogP contribution in [0.2, 0.25) is 0 Å². The van der Waals surface area contributed by atoms with Crippen LogP contribution in [0.15, 0.2) is 78.9 Å². The summed E-state index contributed by atoms with van der Waals surface area (Å²) in [5.74, 6) is 0.194. The van der Waals surface area contributed by atoms with Crippen LogP contribution >= 0.6 is 0 Å². The highest BCUT2D eigenvalue weighted by Crippen LogP contribution is 2.20. The van der Waals surface area contributed by atoms with Gasteiger partial charge in [-0.2, -0.15) is 0 Å². The maximum absolute atomic E-state index is 12.7. The van der Waals surface area contributed by atoms with Crippen LogP contribution in [-0.2, 0) is 0 Å². The molecule has 0 atom stereocenters. The van der Waals surface area contributed by atoms with Crippen molar-refractivity contribution in [1.82, 2.24) is 0 Å². The van der Waals surface area contributed by atoms with E-state index in [0.29, 0.717) is 23.5 Å². The van der Waals surface area contributed by atoms with E-state index < -0.39 is 10.9 Å². The Morgan fingerprint density at radius 3 is 1.91 bits per heavy atom. The molecule has 0 aliphatic carbocycles. The van der Waals surface area contributed by atoms with Crippen molar-refractivity contribution in [3.63, 3.8) is 0 Å². The monoisotopic (exact) mass is 613 g/mol. The van der Waals surface area contributed by atoms with E-state index in [4.69, 9.17) is 9.47 Å². The summed E-state index contributed by atoms with van der Waals surface area (Å²) < 4.78 is 11.4. The van der Waals surface area contributed by atoms with Crippen LogP contribution in [-0.4, -0.2) is 23.3 Å². The fraction of sp³-hybridized carbons (Fsp3) is 0.421.